The number of aromatic nitrogens is 1. The topological polar surface area (TPSA) is 51.2 Å². The summed E-state index contributed by atoms with van der Waals surface area (Å²) in [6.07, 6.45) is -2.33. The van der Waals surface area contributed by atoms with Crippen molar-refractivity contribution < 1.29 is 22.7 Å². The van der Waals surface area contributed by atoms with Gasteiger partial charge in [-0.15, -0.1) is 0 Å². The molecule has 7 heteroatoms. The predicted octanol–water partition coefficient (Wildman–Crippen LogP) is 2.97. The fraction of sp³-hybridized carbons (Fsp3) is 0.250. The van der Waals surface area contributed by atoms with Crippen LogP contribution in [0.2, 0.25) is 0 Å². The quantitative estimate of drug-likeness (QED) is 0.920. The van der Waals surface area contributed by atoms with E-state index in [1.165, 1.54) is 13.3 Å². The number of carbonyl (C=O) groups excluding carboxylic acids is 1. The van der Waals surface area contributed by atoms with E-state index in [1.54, 1.807) is 24.3 Å². The van der Waals surface area contributed by atoms with Crippen LogP contribution in [-0.2, 0) is 23.9 Å². The summed E-state index contributed by atoms with van der Waals surface area (Å²) in [7, 11) is 1.51. The van der Waals surface area contributed by atoms with Crippen LogP contribution in [0, 0.1) is 0 Å². The number of benzene rings is 1. The van der Waals surface area contributed by atoms with Gasteiger partial charge in [-0.05, 0) is 17.7 Å². The van der Waals surface area contributed by atoms with Crippen molar-refractivity contribution in [1.29, 1.82) is 0 Å². The van der Waals surface area contributed by atoms with E-state index in [0.29, 0.717) is 11.3 Å². The number of hydrogen-bond acceptors (Lipinski definition) is 3. The Hall–Kier alpha value is -2.57. The van der Waals surface area contributed by atoms with Gasteiger partial charge < -0.3 is 10.1 Å². The maximum atomic E-state index is 12.6. The number of halogens is 3. The Morgan fingerprint density at radius 3 is 2.70 bits per heavy atom. The zero-order valence-corrected chi connectivity index (χ0v) is 12.4. The van der Waals surface area contributed by atoms with Gasteiger partial charge in [-0.3, -0.25) is 9.78 Å². The fourth-order valence-electron chi connectivity index (χ4n) is 2.02. The molecule has 2 aromatic rings. The van der Waals surface area contributed by atoms with Gasteiger partial charge in [0.05, 0.1) is 19.1 Å². The maximum absolute atomic E-state index is 12.6. The first kappa shape index (κ1) is 16.8. The summed E-state index contributed by atoms with van der Waals surface area (Å²) in [5, 5.41) is 2.58. The Morgan fingerprint density at radius 2 is 2.00 bits per heavy atom. The Morgan fingerprint density at radius 1 is 1.26 bits per heavy atom. The average Bonchev–Trinajstić information content (AvgIpc) is 2.53. The molecule has 0 aliphatic carbocycles. The lowest BCUT2D eigenvalue weighted by Crippen LogP contribution is -2.25. The van der Waals surface area contributed by atoms with E-state index in [4.69, 9.17) is 4.74 Å². The number of ether oxygens (including phenoxy) is 1. The molecule has 1 heterocycles. The van der Waals surface area contributed by atoms with Gasteiger partial charge in [0.1, 0.15) is 5.75 Å². The van der Waals surface area contributed by atoms with Crippen molar-refractivity contribution in [2.75, 3.05) is 7.11 Å². The first-order chi connectivity index (χ1) is 10.9. The molecule has 0 unspecified atom stereocenters. The van der Waals surface area contributed by atoms with Gasteiger partial charge in [0.15, 0.2) is 0 Å². The van der Waals surface area contributed by atoms with E-state index >= 15 is 0 Å². The molecule has 2 rings (SSSR count). The number of nitrogens with zero attached hydrogens (tertiary/aromatic N) is 1. The van der Waals surface area contributed by atoms with E-state index < -0.39 is 11.7 Å². The average molecular weight is 324 g/mol. The van der Waals surface area contributed by atoms with Crippen LogP contribution in [0.3, 0.4) is 0 Å². The molecule has 4 nitrogen and oxygen atoms in total. The van der Waals surface area contributed by atoms with Crippen molar-refractivity contribution in [3.63, 3.8) is 0 Å². The molecular formula is C16H15F3N2O2. The molecule has 0 saturated heterocycles. The third kappa shape index (κ3) is 4.70. The van der Waals surface area contributed by atoms with E-state index in [2.05, 4.69) is 10.3 Å². The second kappa shape index (κ2) is 7.13. The highest BCUT2D eigenvalue weighted by atomic mass is 19.4. The molecule has 0 radical (unpaired) electrons. The van der Waals surface area contributed by atoms with Gasteiger partial charge in [0, 0.05) is 24.5 Å². The molecule has 1 aromatic carbocycles. The molecule has 1 amide bonds. The Balaban J connectivity index is 1.97. The number of alkyl halides is 3. The van der Waals surface area contributed by atoms with Crippen molar-refractivity contribution in [2.24, 2.45) is 0 Å². The minimum Gasteiger partial charge on any atom is -0.496 e. The van der Waals surface area contributed by atoms with E-state index in [-0.39, 0.29) is 24.4 Å². The van der Waals surface area contributed by atoms with E-state index in [0.717, 1.165) is 12.3 Å². The van der Waals surface area contributed by atoms with Gasteiger partial charge in [-0.25, -0.2) is 0 Å². The zero-order valence-electron chi connectivity index (χ0n) is 12.4. The third-order valence-corrected chi connectivity index (χ3v) is 3.16. The van der Waals surface area contributed by atoms with E-state index in [9.17, 15) is 18.0 Å². The number of pyridine rings is 1. The van der Waals surface area contributed by atoms with Crippen LogP contribution in [0.4, 0.5) is 13.2 Å². The lowest BCUT2D eigenvalue weighted by Gasteiger charge is -2.10. The second-order valence-corrected chi connectivity index (χ2v) is 4.84. The minimum absolute atomic E-state index is 0.0229. The van der Waals surface area contributed by atoms with Crippen LogP contribution in [0.5, 0.6) is 5.75 Å². The number of hydrogen-bond donors (Lipinski definition) is 1. The number of methoxy groups -OCH3 is 1. The Bertz CT molecular complexity index is 687. The van der Waals surface area contributed by atoms with Gasteiger partial charge >= 0.3 is 6.18 Å². The fourth-order valence-corrected chi connectivity index (χ4v) is 2.02. The SMILES string of the molecule is COc1ccccc1CC(=O)NCc1cncc(C(F)(F)F)c1. The molecule has 1 N–H and O–H groups in total. The van der Waals surface area contributed by atoms with Gasteiger partial charge in [-0.1, -0.05) is 18.2 Å². The smallest absolute Gasteiger partial charge is 0.417 e. The highest BCUT2D eigenvalue weighted by Crippen LogP contribution is 2.28. The third-order valence-electron chi connectivity index (χ3n) is 3.16. The van der Waals surface area contributed by atoms with Crippen LogP contribution in [-0.4, -0.2) is 18.0 Å². The van der Waals surface area contributed by atoms with Crippen molar-refractivity contribution >= 4 is 5.91 Å². The molecule has 0 aliphatic rings. The van der Waals surface area contributed by atoms with Crippen LogP contribution in [0.15, 0.2) is 42.7 Å². The van der Waals surface area contributed by atoms with Crippen molar-refractivity contribution in [1.82, 2.24) is 10.3 Å². The number of carbonyl (C=O) groups is 1. The summed E-state index contributed by atoms with van der Waals surface area (Å²) in [5.41, 5.74) is 0.150. The Labute approximate surface area is 131 Å². The van der Waals surface area contributed by atoms with Crippen molar-refractivity contribution in [3.05, 3.63) is 59.4 Å². The number of amides is 1. The van der Waals surface area contributed by atoms with Crippen LogP contribution in [0.25, 0.3) is 0 Å². The van der Waals surface area contributed by atoms with Gasteiger partial charge in [-0.2, -0.15) is 13.2 Å². The molecule has 0 bridgehead atoms. The first-order valence-corrected chi connectivity index (χ1v) is 6.80. The number of nitrogens with one attached hydrogen (secondary N) is 1. The molecule has 0 spiro atoms. The largest absolute Gasteiger partial charge is 0.496 e. The molecule has 0 atom stereocenters. The molecule has 0 saturated carbocycles. The predicted molar refractivity (Wildman–Crippen MR) is 77.8 cm³/mol. The molecule has 23 heavy (non-hydrogen) atoms. The van der Waals surface area contributed by atoms with Crippen LogP contribution >= 0.6 is 0 Å². The summed E-state index contributed by atoms with van der Waals surface area (Å²) >= 11 is 0. The summed E-state index contributed by atoms with van der Waals surface area (Å²) in [5.74, 6) is 0.273. The van der Waals surface area contributed by atoms with Crippen LogP contribution in [0.1, 0.15) is 16.7 Å². The van der Waals surface area contributed by atoms with Gasteiger partial charge in [0.25, 0.3) is 0 Å². The van der Waals surface area contributed by atoms with E-state index in [1.807, 2.05) is 0 Å². The lowest BCUT2D eigenvalue weighted by molar-refractivity contribution is -0.137. The molecule has 122 valence electrons. The first-order valence-electron chi connectivity index (χ1n) is 6.80. The number of rotatable bonds is 5. The standard InChI is InChI=1S/C16H15F3N2O2/c1-23-14-5-3-2-4-12(14)7-15(22)21-9-11-6-13(10-20-8-11)16(17,18)19/h2-6,8,10H,7,9H2,1H3,(H,21,22). The monoisotopic (exact) mass is 324 g/mol. The highest BCUT2D eigenvalue weighted by molar-refractivity contribution is 5.79. The summed E-state index contributed by atoms with van der Waals surface area (Å²) in [6, 6.07) is 8.02. The minimum atomic E-state index is -4.45. The normalized spacial score (nSPS) is 11.1. The maximum Gasteiger partial charge on any atom is 0.417 e. The summed E-state index contributed by atoms with van der Waals surface area (Å²) in [6.45, 7) is -0.0229. The molecule has 0 aliphatic heterocycles. The zero-order chi connectivity index (χ0) is 16.9. The second-order valence-electron chi connectivity index (χ2n) is 4.84. The molecule has 1 aromatic heterocycles. The summed E-state index contributed by atoms with van der Waals surface area (Å²) < 4.78 is 42.9. The van der Waals surface area contributed by atoms with Gasteiger partial charge in [0.2, 0.25) is 5.91 Å². The Kier molecular flexibility index (Phi) is 5.20. The number of para-hydroxylation sites is 1. The lowest BCUT2D eigenvalue weighted by atomic mass is 10.1. The van der Waals surface area contributed by atoms with Crippen molar-refractivity contribution in [2.45, 2.75) is 19.1 Å². The van der Waals surface area contributed by atoms with Crippen molar-refractivity contribution in [3.8, 4) is 5.75 Å². The van der Waals surface area contributed by atoms with Crippen LogP contribution < -0.4 is 10.1 Å². The highest BCUT2D eigenvalue weighted by Gasteiger charge is 2.30. The molecular weight excluding hydrogens is 309 g/mol. The summed E-state index contributed by atoms with van der Waals surface area (Å²) in [4.78, 5) is 15.5. The molecule has 0 fully saturated rings.